The van der Waals surface area contributed by atoms with Crippen molar-refractivity contribution in [2.75, 3.05) is 31.1 Å². The Morgan fingerprint density at radius 2 is 1.63 bits per heavy atom. The van der Waals surface area contributed by atoms with E-state index in [2.05, 4.69) is 9.48 Å². The minimum absolute atomic E-state index is 0.0701. The van der Waals surface area contributed by atoms with E-state index in [0.29, 0.717) is 11.3 Å². The number of nitrogens with zero attached hydrogens (tertiary/aromatic N) is 2. The first-order valence-corrected chi connectivity index (χ1v) is 11.3. The second kappa shape index (κ2) is 7.83. The van der Waals surface area contributed by atoms with E-state index in [1.54, 1.807) is 36.4 Å². The maximum absolute atomic E-state index is 15.3. The third-order valence-corrected chi connectivity index (χ3v) is 6.86. The fourth-order valence-corrected chi connectivity index (χ4v) is 4.75. The van der Waals surface area contributed by atoms with Crippen molar-refractivity contribution in [3.8, 4) is 22.5 Å². The third kappa shape index (κ3) is 3.21. The van der Waals surface area contributed by atoms with E-state index in [9.17, 15) is 23.1 Å². The topological polar surface area (TPSA) is 56.7 Å². The largest absolute Gasteiger partial charge is 0.478 e. The molecule has 0 atom stereocenters. The van der Waals surface area contributed by atoms with Crippen molar-refractivity contribution in [1.82, 2.24) is 4.58 Å². The van der Waals surface area contributed by atoms with Crippen LogP contribution in [0.4, 0.5) is 23.2 Å². The molecule has 35 heavy (non-hydrogen) atoms. The number of fused-ring (bicyclic) bond motifs is 2. The fourth-order valence-electron chi connectivity index (χ4n) is 4.75. The van der Waals surface area contributed by atoms with Gasteiger partial charge in [0.05, 0.1) is 12.5 Å². The van der Waals surface area contributed by atoms with Crippen LogP contribution in [0.1, 0.15) is 23.2 Å². The van der Waals surface area contributed by atoms with E-state index in [4.69, 9.17) is 4.42 Å². The second-order valence-corrected chi connectivity index (χ2v) is 8.83. The Hall–Kier alpha value is -3.88. The van der Waals surface area contributed by atoms with E-state index >= 15 is 4.39 Å². The summed E-state index contributed by atoms with van der Waals surface area (Å²) < 4.78 is 66.7. The molecule has 0 amide bonds. The number of anilines is 1. The molecule has 2 aromatic carbocycles. The second-order valence-electron chi connectivity index (χ2n) is 8.83. The molecule has 0 bridgehead atoms. The van der Waals surface area contributed by atoms with Gasteiger partial charge >= 0.3 is 5.97 Å². The number of aromatic carboxylic acids is 1. The Morgan fingerprint density at radius 1 is 0.886 bits per heavy atom. The normalized spacial score (nSPS) is 15.4. The van der Waals surface area contributed by atoms with Gasteiger partial charge in [-0.2, -0.15) is 0 Å². The van der Waals surface area contributed by atoms with Crippen molar-refractivity contribution >= 4 is 22.6 Å². The predicted molar refractivity (Wildman–Crippen MR) is 122 cm³/mol. The molecular formula is C26H19F4N2O3+. The highest BCUT2D eigenvalue weighted by atomic mass is 19.2. The SMILES string of the molecule is O=C(O)c1c(F)c(F)c(F)c(F)c1-c1c2ccc(=[N+]3CCC3)cc-2oc2cc(N3CCC3)ccc12. The van der Waals surface area contributed by atoms with Crippen molar-refractivity contribution in [2.24, 2.45) is 0 Å². The Balaban J connectivity index is 1.76. The molecule has 2 fully saturated rings. The predicted octanol–water partition coefficient (Wildman–Crippen LogP) is 4.85. The third-order valence-electron chi connectivity index (χ3n) is 6.86. The molecule has 3 aliphatic heterocycles. The van der Waals surface area contributed by atoms with Gasteiger partial charge in [0, 0.05) is 53.0 Å². The number of carboxylic acid groups (broad SMARTS) is 1. The van der Waals surface area contributed by atoms with E-state index in [1.165, 1.54) is 0 Å². The lowest BCUT2D eigenvalue weighted by Gasteiger charge is -2.33. The average molecular weight is 483 g/mol. The zero-order valence-corrected chi connectivity index (χ0v) is 18.4. The Bertz CT molecular complexity index is 1580. The molecule has 6 rings (SSSR count). The zero-order valence-electron chi connectivity index (χ0n) is 18.4. The lowest BCUT2D eigenvalue weighted by molar-refractivity contribution is 0.0690. The van der Waals surface area contributed by atoms with Crippen LogP contribution in [0.2, 0.25) is 0 Å². The highest BCUT2D eigenvalue weighted by Gasteiger charge is 2.33. The molecule has 1 aliphatic carbocycles. The number of hydrogen-bond acceptors (Lipinski definition) is 3. The van der Waals surface area contributed by atoms with E-state index in [-0.39, 0.29) is 16.5 Å². The van der Waals surface area contributed by atoms with Crippen molar-refractivity contribution in [1.29, 1.82) is 0 Å². The van der Waals surface area contributed by atoms with Gasteiger partial charge in [-0.1, -0.05) is 0 Å². The molecule has 3 heterocycles. The molecule has 0 unspecified atom stereocenters. The highest BCUT2D eigenvalue weighted by molar-refractivity contribution is 6.08. The van der Waals surface area contributed by atoms with Gasteiger partial charge in [0.2, 0.25) is 5.36 Å². The number of hydrogen-bond donors (Lipinski definition) is 1. The summed E-state index contributed by atoms with van der Waals surface area (Å²) in [4.78, 5) is 14.1. The van der Waals surface area contributed by atoms with Crippen molar-refractivity contribution in [2.45, 2.75) is 12.8 Å². The summed E-state index contributed by atoms with van der Waals surface area (Å²) in [5, 5.41) is 10.8. The average Bonchev–Trinajstić information content (AvgIpc) is 2.76. The Labute approximate surface area is 196 Å². The molecular weight excluding hydrogens is 464 g/mol. The van der Waals surface area contributed by atoms with Gasteiger partial charge in [0.15, 0.2) is 23.3 Å². The molecule has 0 aromatic heterocycles. The summed E-state index contributed by atoms with van der Waals surface area (Å²) in [5.41, 5.74) is -0.794. The first-order chi connectivity index (χ1) is 16.8. The molecule has 9 heteroatoms. The van der Waals surface area contributed by atoms with Crippen LogP contribution in [0, 0.1) is 23.3 Å². The number of carboxylic acids is 1. The number of rotatable bonds is 3. The maximum Gasteiger partial charge on any atom is 0.339 e. The lowest BCUT2D eigenvalue weighted by Crippen LogP contribution is -2.40. The quantitative estimate of drug-likeness (QED) is 0.149. The van der Waals surface area contributed by atoms with Crippen molar-refractivity contribution in [3.05, 3.63) is 70.6 Å². The van der Waals surface area contributed by atoms with Crippen molar-refractivity contribution < 1.29 is 31.9 Å². The minimum Gasteiger partial charge on any atom is -0.478 e. The van der Waals surface area contributed by atoms with Crippen LogP contribution in [0.5, 0.6) is 0 Å². The molecule has 2 saturated heterocycles. The van der Waals surface area contributed by atoms with Crippen LogP contribution in [0.25, 0.3) is 33.4 Å². The standard InChI is InChI=1S/C26H18F4N2O3/c27-22-20(21(26(33)34)23(28)25(30)24(22)29)19-15-5-3-13(31-7-1-8-31)11-17(15)35-18-12-14(4-6-16(18)19)32-9-2-10-32/h3-6,11-12H,1-2,7-10H2/p+1. The Morgan fingerprint density at radius 3 is 2.26 bits per heavy atom. The maximum atomic E-state index is 15.3. The number of benzene rings is 3. The molecule has 178 valence electrons. The van der Waals surface area contributed by atoms with Gasteiger partial charge in [-0.3, -0.25) is 0 Å². The molecule has 4 aliphatic rings. The van der Waals surface area contributed by atoms with Crippen LogP contribution in [0.15, 0.2) is 40.8 Å². The molecule has 0 radical (unpaired) electrons. The highest BCUT2D eigenvalue weighted by Crippen LogP contribution is 2.44. The monoisotopic (exact) mass is 483 g/mol. The van der Waals surface area contributed by atoms with Crippen LogP contribution in [-0.4, -0.2) is 37.3 Å². The molecule has 5 nitrogen and oxygen atoms in total. The number of carbonyl (C=O) groups is 1. The summed E-state index contributed by atoms with van der Waals surface area (Å²) in [6, 6.07) is 10.2. The lowest BCUT2D eigenvalue weighted by atomic mass is 9.89. The molecule has 0 spiro atoms. The summed E-state index contributed by atoms with van der Waals surface area (Å²) in [5.74, 6) is -9.58. The smallest absolute Gasteiger partial charge is 0.339 e. The fraction of sp³-hybridized carbons (Fsp3) is 0.231. The zero-order chi connectivity index (χ0) is 24.4. The van der Waals surface area contributed by atoms with Gasteiger partial charge in [-0.25, -0.2) is 26.9 Å². The Kier molecular flexibility index (Phi) is 4.84. The van der Waals surface area contributed by atoms with E-state index in [1.807, 2.05) is 0 Å². The van der Waals surface area contributed by atoms with E-state index in [0.717, 1.165) is 50.1 Å². The summed E-state index contributed by atoms with van der Waals surface area (Å²) in [7, 11) is 0. The molecule has 2 aromatic rings. The summed E-state index contributed by atoms with van der Waals surface area (Å²) in [6.07, 6.45) is 2.08. The first-order valence-electron chi connectivity index (χ1n) is 11.3. The van der Waals surface area contributed by atoms with Crippen LogP contribution in [-0.2, 0) is 0 Å². The van der Waals surface area contributed by atoms with Gasteiger partial charge < -0.3 is 14.4 Å². The minimum atomic E-state index is -2.17. The summed E-state index contributed by atoms with van der Waals surface area (Å²) in [6.45, 7) is 3.43. The van der Waals surface area contributed by atoms with Gasteiger partial charge in [-0.05, 0) is 24.6 Å². The first kappa shape index (κ1) is 21.6. The van der Waals surface area contributed by atoms with Crippen LogP contribution in [0.3, 0.4) is 0 Å². The summed E-state index contributed by atoms with van der Waals surface area (Å²) >= 11 is 0. The van der Waals surface area contributed by atoms with Crippen molar-refractivity contribution in [3.63, 3.8) is 0 Å². The molecule has 0 saturated carbocycles. The van der Waals surface area contributed by atoms with Crippen LogP contribution < -0.4 is 14.8 Å². The molecule has 1 N–H and O–H groups in total. The van der Waals surface area contributed by atoms with Gasteiger partial charge in [0.25, 0.3) is 0 Å². The van der Waals surface area contributed by atoms with Crippen LogP contribution >= 0.6 is 0 Å². The van der Waals surface area contributed by atoms with E-state index < -0.39 is 40.4 Å². The van der Waals surface area contributed by atoms with Gasteiger partial charge in [0.1, 0.15) is 30.0 Å². The number of halogens is 4. The van der Waals surface area contributed by atoms with Gasteiger partial charge in [-0.15, -0.1) is 0 Å².